The fourth-order valence-electron chi connectivity index (χ4n) is 2.27. The first-order valence-corrected chi connectivity index (χ1v) is 8.17. The number of hydrogen-bond donors (Lipinski definition) is 1. The van der Waals surface area contributed by atoms with Crippen LogP contribution in [-0.4, -0.2) is 27.1 Å². The Morgan fingerprint density at radius 1 is 1.19 bits per heavy atom. The Bertz CT molecular complexity index is 881. The fourth-order valence-corrected chi connectivity index (χ4v) is 3.28. The van der Waals surface area contributed by atoms with Gasteiger partial charge in [-0.05, 0) is 41.6 Å². The third kappa shape index (κ3) is 3.94. The number of thioether (sulfide) groups is 1. The summed E-state index contributed by atoms with van der Waals surface area (Å²) in [5.74, 6) is -0.425. The highest BCUT2D eigenvalue weighted by Gasteiger charge is 2.31. The first-order chi connectivity index (χ1) is 12.2. The van der Waals surface area contributed by atoms with Crippen molar-refractivity contribution in [2.45, 2.75) is 13.1 Å². The Morgan fingerprint density at radius 3 is 2.35 bits per heavy atom. The molecule has 9 heteroatoms. The van der Waals surface area contributed by atoms with Gasteiger partial charge in [-0.2, -0.15) is 18.2 Å². The van der Waals surface area contributed by atoms with Crippen LogP contribution in [0, 0.1) is 0 Å². The average molecular weight is 379 g/mol. The molecule has 0 unspecified atom stereocenters. The number of amidine groups is 1. The normalized spacial score (nSPS) is 18.7. The van der Waals surface area contributed by atoms with E-state index in [1.807, 2.05) is 0 Å². The third-order valence-electron chi connectivity index (χ3n) is 3.43. The molecule has 1 aromatic rings. The van der Waals surface area contributed by atoms with Crippen LogP contribution in [0.1, 0.15) is 18.1 Å². The maximum atomic E-state index is 12.8. The third-order valence-corrected chi connectivity index (χ3v) is 4.43. The molecule has 0 aromatic heterocycles. The number of rotatable bonds is 1. The minimum absolute atomic E-state index is 0.211. The molecule has 2 heterocycles. The molecule has 1 amide bonds. The van der Waals surface area contributed by atoms with E-state index in [1.54, 1.807) is 12.2 Å². The van der Waals surface area contributed by atoms with Crippen molar-refractivity contribution in [2.24, 2.45) is 9.98 Å². The van der Waals surface area contributed by atoms with Gasteiger partial charge < -0.3 is 0 Å². The molecular weight excluding hydrogens is 367 g/mol. The van der Waals surface area contributed by atoms with Crippen LogP contribution < -0.4 is 0 Å². The number of alkyl halides is 3. The van der Waals surface area contributed by atoms with Gasteiger partial charge in [-0.25, -0.2) is 10.1 Å². The van der Waals surface area contributed by atoms with Crippen LogP contribution in [-0.2, 0) is 11.0 Å². The number of carbonyl (C=O) groups is 1. The first-order valence-electron chi connectivity index (χ1n) is 7.36. The van der Waals surface area contributed by atoms with Crippen molar-refractivity contribution in [3.63, 3.8) is 0 Å². The van der Waals surface area contributed by atoms with Crippen LogP contribution in [0.15, 0.2) is 69.3 Å². The van der Waals surface area contributed by atoms with Gasteiger partial charge in [0.15, 0.2) is 5.17 Å². The number of hydroxylamine groups is 2. The zero-order chi connectivity index (χ0) is 18.9. The van der Waals surface area contributed by atoms with Gasteiger partial charge >= 0.3 is 6.18 Å². The number of hydrogen-bond acceptors (Lipinski definition) is 4. The van der Waals surface area contributed by atoms with E-state index in [9.17, 15) is 23.2 Å². The monoisotopic (exact) mass is 379 g/mol. The highest BCUT2D eigenvalue weighted by atomic mass is 32.2. The van der Waals surface area contributed by atoms with E-state index in [2.05, 4.69) is 9.98 Å². The van der Waals surface area contributed by atoms with Gasteiger partial charge in [0, 0.05) is 29.8 Å². The Morgan fingerprint density at radius 2 is 1.81 bits per heavy atom. The average Bonchev–Trinajstić information content (AvgIpc) is 2.98. The van der Waals surface area contributed by atoms with Crippen molar-refractivity contribution in [3.8, 4) is 0 Å². The fraction of sp³-hybridized carbons (Fsp3) is 0.118. The molecule has 1 aromatic carbocycles. The van der Waals surface area contributed by atoms with Crippen LogP contribution >= 0.6 is 11.8 Å². The summed E-state index contributed by atoms with van der Waals surface area (Å²) in [6.07, 6.45) is 1.64. The number of benzene rings is 1. The molecule has 1 N–H and O–H groups in total. The summed E-state index contributed by atoms with van der Waals surface area (Å²) in [5.41, 5.74) is 0.815. The molecule has 0 saturated heterocycles. The second kappa shape index (κ2) is 6.93. The summed E-state index contributed by atoms with van der Waals surface area (Å²) in [5, 5.41) is 10.4. The van der Waals surface area contributed by atoms with Crippen LogP contribution in [0.2, 0.25) is 0 Å². The molecular formula is C17H12F3N3O2S. The Hall–Kier alpha value is -2.65. The lowest BCUT2D eigenvalue weighted by molar-refractivity contribution is -0.137. The van der Waals surface area contributed by atoms with Crippen molar-refractivity contribution in [1.82, 2.24) is 5.06 Å². The van der Waals surface area contributed by atoms with Gasteiger partial charge in [0.1, 0.15) is 0 Å². The highest BCUT2D eigenvalue weighted by Crippen LogP contribution is 2.36. The lowest BCUT2D eigenvalue weighted by atomic mass is 10.0. The SMILES string of the molecule is CC(=O)N=C1N=C(c2ccc(C(F)(F)F)cc2)C(=C2C=CN(O)C=C2)S1. The van der Waals surface area contributed by atoms with Gasteiger partial charge in [0.05, 0.1) is 11.3 Å². The van der Waals surface area contributed by atoms with Crippen molar-refractivity contribution in [2.75, 3.05) is 0 Å². The number of aliphatic imine (C=N–C) groups is 2. The number of nitrogens with zero attached hydrogens (tertiary/aromatic N) is 3. The molecule has 134 valence electrons. The van der Waals surface area contributed by atoms with Crippen molar-refractivity contribution >= 4 is 28.5 Å². The quantitative estimate of drug-likeness (QED) is 0.797. The van der Waals surface area contributed by atoms with Gasteiger partial charge in [0.2, 0.25) is 5.91 Å². The number of halogens is 3. The van der Waals surface area contributed by atoms with Crippen molar-refractivity contribution in [3.05, 3.63) is 70.4 Å². The second-order valence-corrected chi connectivity index (χ2v) is 6.32. The van der Waals surface area contributed by atoms with E-state index in [4.69, 9.17) is 0 Å². The lowest BCUT2D eigenvalue weighted by Crippen LogP contribution is -2.08. The van der Waals surface area contributed by atoms with Gasteiger partial charge in [0.25, 0.3) is 0 Å². The Kier molecular flexibility index (Phi) is 4.84. The molecule has 0 spiro atoms. The lowest BCUT2D eigenvalue weighted by Gasteiger charge is -2.13. The molecule has 5 nitrogen and oxygen atoms in total. The maximum absolute atomic E-state index is 12.8. The molecule has 0 saturated carbocycles. The highest BCUT2D eigenvalue weighted by molar-refractivity contribution is 8.18. The molecule has 0 atom stereocenters. The second-order valence-electron chi connectivity index (χ2n) is 5.35. The molecule has 0 aliphatic carbocycles. The van der Waals surface area contributed by atoms with Gasteiger partial charge in [-0.15, -0.1) is 0 Å². The van der Waals surface area contributed by atoms with E-state index < -0.39 is 17.6 Å². The topological polar surface area (TPSA) is 65.3 Å². The number of carbonyl (C=O) groups excluding carboxylic acids is 1. The standard InChI is InChI=1S/C17H12F3N3O2S/c1-10(24)21-16-22-14(11-2-4-13(5-3-11)17(18,19)20)15(26-16)12-6-8-23(25)9-7-12/h2-9,25H,1H3. The van der Waals surface area contributed by atoms with Crippen molar-refractivity contribution < 1.29 is 23.2 Å². The zero-order valence-corrected chi connectivity index (χ0v) is 14.2. The van der Waals surface area contributed by atoms with E-state index in [0.717, 1.165) is 29.0 Å². The van der Waals surface area contributed by atoms with E-state index in [1.165, 1.54) is 31.5 Å². The summed E-state index contributed by atoms with van der Waals surface area (Å²) in [6, 6.07) is 4.61. The molecule has 0 radical (unpaired) electrons. The number of amides is 1. The van der Waals surface area contributed by atoms with Crippen molar-refractivity contribution in [1.29, 1.82) is 0 Å². The Balaban J connectivity index is 2.05. The summed E-state index contributed by atoms with van der Waals surface area (Å²) in [4.78, 5) is 20.0. The minimum Gasteiger partial charge on any atom is -0.285 e. The first kappa shape index (κ1) is 18.2. The molecule has 2 aliphatic heterocycles. The van der Waals surface area contributed by atoms with Gasteiger partial charge in [-0.3, -0.25) is 10.0 Å². The van der Waals surface area contributed by atoms with E-state index in [-0.39, 0.29) is 5.17 Å². The summed E-state index contributed by atoms with van der Waals surface area (Å²) < 4.78 is 38.3. The zero-order valence-electron chi connectivity index (χ0n) is 13.4. The van der Waals surface area contributed by atoms with E-state index >= 15 is 0 Å². The Labute approximate surface area is 150 Å². The largest absolute Gasteiger partial charge is 0.416 e. The van der Waals surface area contributed by atoms with Crippen LogP contribution in [0.4, 0.5) is 13.2 Å². The molecule has 26 heavy (non-hydrogen) atoms. The smallest absolute Gasteiger partial charge is 0.285 e. The minimum atomic E-state index is -4.42. The molecule has 0 fully saturated rings. The maximum Gasteiger partial charge on any atom is 0.416 e. The molecule has 3 rings (SSSR count). The number of allylic oxidation sites excluding steroid dienone is 4. The van der Waals surface area contributed by atoms with Crippen LogP contribution in [0.5, 0.6) is 0 Å². The molecule has 2 aliphatic rings. The van der Waals surface area contributed by atoms with Gasteiger partial charge in [-0.1, -0.05) is 12.1 Å². The van der Waals surface area contributed by atoms with Crippen LogP contribution in [0.3, 0.4) is 0 Å². The van der Waals surface area contributed by atoms with Crippen LogP contribution in [0.25, 0.3) is 0 Å². The van der Waals surface area contributed by atoms with E-state index in [0.29, 0.717) is 21.8 Å². The summed E-state index contributed by atoms with van der Waals surface area (Å²) in [7, 11) is 0. The summed E-state index contributed by atoms with van der Waals surface area (Å²) >= 11 is 1.14. The molecule has 0 bridgehead atoms. The predicted molar refractivity (Wildman–Crippen MR) is 92.6 cm³/mol. The summed E-state index contributed by atoms with van der Waals surface area (Å²) in [6.45, 7) is 1.29. The predicted octanol–water partition coefficient (Wildman–Crippen LogP) is 4.13.